The van der Waals surface area contributed by atoms with Crippen LogP contribution < -0.4 is 10.1 Å². The summed E-state index contributed by atoms with van der Waals surface area (Å²) in [5.74, 6) is -3.16. The lowest BCUT2D eigenvalue weighted by Crippen LogP contribution is -2.17. The van der Waals surface area contributed by atoms with Crippen molar-refractivity contribution in [2.75, 3.05) is 19.7 Å². The third-order valence-corrected chi connectivity index (χ3v) is 4.45. The van der Waals surface area contributed by atoms with Crippen molar-refractivity contribution in [3.8, 4) is 5.75 Å². The molecule has 1 saturated heterocycles. The molecule has 2 rings (SSSR count). The molecular weight excluding hydrogens is 276 g/mol. The van der Waals surface area contributed by atoms with E-state index in [2.05, 4.69) is 5.32 Å². The first-order chi connectivity index (χ1) is 9.01. The number of rotatable bonds is 5. The van der Waals surface area contributed by atoms with Crippen LogP contribution in [0, 0.1) is 5.92 Å². The Hall–Kier alpha value is -1.21. The fraction of sp³-hybridized carbons (Fsp3) is 0.500. The number of benzene rings is 1. The fourth-order valence-corrected chi connectivity index (χ4v) is 2.83. The maximum Gasteiger partial charge on any atom is 0.341 e. The standard InChI is InChI=1S/C12H15F2NO3S/c13-12(14)19(16,17)11-4-2-1-3-10(11)18-8-9-5-6-15-7-9/h1-4,9,12,15H,5-8H2. The van der Waals surface area contributed by atoms with Crippen molar-refractivity contribution in [2.24, 2.45) is 5.92 Å². The zero-order valence-electron chi connectivity index (χ0n) is 10.2. The summed E-state index contributed by atoms with van der Waals surface area (Å²) in [5.41, 5.74) is 0. The van der Waals surface area contributed by atoms with Gasteiger partial charge in [-0.2, -0.15) is 8.78 Å². The number of nitrogens with one attached hydrogen (secondary N) is 1. The highest BCUT2D eigenvalue weighted by atomic mass is 32.2. The number of alkyl halides is 2. The Labute approximate surface area is 110 Å². The highest BCUT2D eigenvalue weighted by molar-refractivity contribution is 7.91. The minimum absolute atomic E-state index is 0.00491. The number of halogens is 2. The van der Waals surface area contributed by atoms with Crippen molar-refractivity contribution in [1.82, 2.24) is 5.32 Å². The number of para-hydroxylation sites is 1. The molecular formula is C12H15F2NO3S. The van der Waals surface area contributed by atoms with E-state index in [1.54, 1.807) is 6.07 Å². The second kappa shape index (κ2) is 5.83. The Morgan fingerprint density at radius 1 is 1.37 bits per heavy atom. The van der Waals surface area contributed by atoms with Crippen LogP contribution in [0.3, 0.4) is 0 Å². The van der Waals surface area contributed by atoms with E-state index in [4.69, 9.17) is 4.74 Å². The first kappa shape index (κ1) is 14.2. The average Bonchev–Trinajstić information content (AvgIpc) is 2.89. The number of ether oxygens (including phenoxy) is 1. The summed E-state index contributed by atoms with van der Waals surface area (Å²) in [6.45, 7) is 2.01. The van der Waals surface area contributed by atoms with Gasteiger partial charge in [-0.25, -0.2) is 8.42 Å². The quantitative estimate of drug-likeness (QED) is 0.896. The highest BCUT2D eigenvalue weighted by Gasteiger charge is 2.30. The smallest absolute Gasteiger partial charge is 0.341 e. The molecule has 1 unspecified atom stereocenters. The normalized spacial score (nSPS) is 19.8. The third kappa shape index (κ3) is 3.22. The topological polar surface area (TPSA) is 55.4 Å². The number of hydrogen-bond donors (Lipinski definition) is 1. The van der Waals surface area contributed by atoms with E-state index in [1.807, 2.05) is 0 Å². The van der Waals surface area contributed by atoms with E-state index < -0.39 is 20.5 Å². The third-order valence-electron chi connectivity index (χ3n) is 3.03. The highest BCUT2D eigenvalue weighted by Crippen LogP contribution is 2.28. The van der Waals surface area contributed by atoms with Gasteiger partial charge in [0.05, 0.1) is 6.61 Å². The second-order valence-electron chi connectivity index (χ2n) is 4.42. The number of hydrogen-bond acceptors (Lipinski definition) is 4. The molecule has 1 heterocycles. The maximum atomic E-state index is 12.6. The Balaban J connectivity index is 2.16. The van der Waals surface area contributed by atoms with Crippen LogP contribution in [-0.2, 0) is 9.84 Å². The van der Waals surface area contributed by atoms with Crippen LogP contribution in [0.5, 0.6) is 5.75 Å². The van der Waals surface area contributed by atoms with Gasteiger partial charge in [0.1, 0.15) is 10.6 Å². The van der Waals surface area contributed by atoms with Crippen molar-refractivity contribution in [3.63, 3.8) is 0 Å². The van der Waals surface area contributed by atoms with E-state index in [0.717, 1.165) is 25.6 Å². The average molecular weight is 291 g/mol. The molecule has 0 spiro atoms. The SMILES string of the molecule is O=S(=O)(c1ccccc1OCC1CCNC1)C(F)F. The summed E-state index contributed by atoms with van der Waals surface area (Å²) in [5, 5.41) is 3.15. The van der Waals surface area contributed by atoms with Gasteiger partial charge in [0.2, 0.25) is 9.84 Å². The molecule has 0 bridgehead atoms. The Morgan fingerprint density at radius 2 is 2.11 bits per heavy atom. The van der Waals surface area contributed by atoms with Gasteiger partial charge in [0.15, 0.2) is 0 Å². The van der Waals surface area contributed by atoms with Crippen molar-refractivity contribution in [2.45, 2.75) is 17.1 Å². The largest absolute Gasteiger partial charge is 0.492 e. The van der Waals surface area contributed by atoms with Gasteiger partial charge in [-0.05, 0) is 25.1 Å². The minimum Gasteiger partial charge on any atom is -0.492 e. The van der Waals surface area contributed by atoms with Gasteiger partial charge in [-0.3, -0.25) is 0 Å². The Kier molecular flexibility index (Phi) is 4.36. The minimum atomic E-state index is -4.63. The van der Waals surface area contributed by atoms with Crippen LogP contribution in [0.2, 0.25) is 0 Å². The summed E-state index contributed by atoms with van der Waals surface area (Å²) < 4.78 is 53.6. The van der Waals surface area contributed by atoms with Gasteiger partial charge in [0.25, 0.3) is 0 Å². The van der Waals surface area contributed by atoms with Crippen LogP contribution in [0.25, 0.3) is 0 Å². The lowest BCUT2D eigenvalue weighted by atomic mass is 10.1. The first-order valence-corrected chi connectivity index (χ1v) is 7.51. The molecule has 0 amide bonds. The summed E-state index contributed by atoms with van der Waals surface area (Å²) in [4.78, 5) is -0.448. The van der Waals surface area contributed by atoms with Crippen molar-refractivity contribution >= 4 is 9.84 Å². The fourth-order valence-electron chi connectivity index (χ4n) is 1.96. The lowest BCUT2D eigenvalue weighted by molar-refractivity contribution is 0.231. The van der Waals surface area contributed by atoms with Crippen LogP contribution in [0.15, 0.2) is 29.2 Å². The second-order valence-corrected chi connectivity index (χ2v) is 6.31. The predicted octanol–water partition coefficient (Wildman–Crippen LogP) is 1.67. The van der Waals surface area contributed by atoms with Gasteiger partial charge in [-0.1, -0.05) is 12.1 Å². The Bertz CT molecular complexity index is 528. The van der Waals surface area contributed by atoms with Crippen LogP contribution in [0.4, 0.5) is 8.78 Å². The van der Waals surface area contributed by atoms with Gasteiger partial charge in [-0.15, -0.1) is 0 Å². The zero-order valence-corrected chi connectivity index (χ0v) is 11.0. The molecule has 7 heteroatoms. The van der Waals surface area contributed by atoms with E-state index in [1.165, 1.54) is 12.1 Å². The molecule has 1 fully saturated rings. The molecule has 1 aromatic rings. The molecule has 1 aliphatic heterocycles. The Morgan fingerprint density at radius 3 is 2.74 bits per heavy atom. The molecule has 0 radical (unpaired) electrons. The molecule has 1 N–H and O–H groups in total. The van der Waals surface area contributed by atoms with E-state index in [0.29, 0.717) is 6.61 Å². The lowest BCUT2D eigenvalue weighted by Gasteiger charge is -2.14. The van der Waals surface area contributed by atoms with E-state index in [-0.39, 0.29) is 11.7 Å². The molecule has 106 valence electrons. The summed E-state index contributed by atoms with van der Waals surface area (Å²) in [7, 11) is -4.63. The van der Waals surface area contributed by atoms with E-state index >= 15 is 0 Å². The summed E-state index contributed by atoms with van der Waals surface area (Å²) in [6.07, 6.45) is 0.934. The molecule has 1 aromatic carbocycles. The molecule has 0 aliphatic carbocycles. The van der Waals surface area contributed by atoms with Crippen LogP contribution in [-0.4, -0.2) is 33.9 Å². The molecule has 19 heavy (non-hydrogen) atoms. The predicted molar refractivity (Wildman–Crippen MR) is 66.1 cm³/mol. The molecule has 0 saturated carbocycles. The van der Waals surface area contributed by atoms with E-state index in [9.17, 15) is 17.2 Å². The van der Waals surface area contributed by atoms with Gasteiger partial charge < -0.3 is 10.1 Å². The summed E-state index contributed by atoms with van der Waals surface area (Å²) in [6, 6.07) is 5.51. The zero-order chi connectivity index (χ0) is 13.9. The van der Waals surface area contributed by atoms with Crippen molar-refractivity contribution in [1.29, 1.82) is 0 Å². The number of sulfone groups is 1. The van der Waals surface area contributed by atoms with Crippen LogP contribution in [0.1, 0.15) is 6.42 Å². The van der Waals surface area contributed by atoms with Crippen molar-refractivity contribution < 1.29 is 21.9 Å². The first-order valence-electron chi connectivity index (χ1n) is 5.96. The molecule has 0 aromatic heterocycles. The van der Waals surface area contributed by atoms with Crippen molar-refractivity contribution in [3.05, 3.63) is 24.3 Å². The van der Waals surface area contributed by atoms with Gasteiger partial charge >= 0.3 is 5.76 Å². The molecule has 1 aliphatic rings. The molecule has 1 atom stereocenters. The summed E-state index contributed by atoms with van der Waals surface area (Å²) >= 11 is 0. The maximum absolute atomic E-state index is 12.6. The van der Waals surface area contributed by atoms with Crippen LogP contribution >= 0.6 is 0 Å². The molecule has 4 nitrogen and oxygen atoms in total. The van der Waals surface area contributed by atoms with Gasteiger partial charge in [0, 0.05) is 12.5 Å². The monoisotopic (exact) mass is 291 g/mol.